The number of nitrogens with one attached hydrogen (secondary N) is 2. The van der Waals surface area contributed by atoms with E-state index in [-0.39, 0.29) is 23.8 Å². The Labute approximate surface area is 195 Å². The minimum Gasteiger partial charge on any atom is -0.348 e. The van der Waals surface area contributed by atoms with Gasteiger partial charge in [0.1, 0.15) is 11.4 Å². The van der Waals surface area contributed by atoms with Gasteiger partial charge < -0.3 is 10.6 Å². The summed E-state index contributed by atoms with van der Waals surface area (Å²) in [5.74, 6) is -1.10. The topological polar surface area (TPSA) is 80.2 Å². The molecule has 170 valence electrons. The maximum atomic E-state index is 13.0. The molecular formula is C27H22FN3O3. The van der Waals surface area contributed by atoms with Crippen LogP contribution < -0.4 is 16.2 Å². The number of benzene rings is 3. The molecule has 0 radical (unpaired) electrons. The van der Waals surface area contributed by atoms with Gasteiger partial charge in [-0.15, -0.1) is 0 Å². The van der Waals surface area contributed by atoms with Gasteiger partial charge in [-0.2, -0.15) is 0 Å². The zero-order valence-corrected chi connectivity index (χ0v) is 18.4. The van der Waals surface area contributed by atoms with Gasteiger partial charge in [0.15, 0.2) is 0 Å². The lowest BCUT2D eigenvalue weighted by atomic mass is 10.1. The molecule has 0 spiro atoms. The molecule has 0 saturated carbocycles. The highest BCUT2D eigenvalue weighted by molar-refractivity contribution is 6.05. The molecule has 0 atom stereocenters. The van der Waals surface area contributed by atoms with Gasteiger partial charge in [-0.05, 0) is 72.6 Å². The molecule has 4 aromatic rings. The van der Waals surface area contributed by atoms with Crippen LogP contribution in [0.1, 0.15) is 31.8 Å². The van der Waals surface area contributed by atoms with Gasteiger partial charge in [-0.3, -0.25) is 19.0 Å². The molecule has 0 aliphatic heterocycles. The van der Waals surface area contributed by atoms with E-state index in [1.807, 2.05) is 19.1 Å². The smallest absolute Gasteiger partial charge is 0.267 e. The Bertz CT molecular complexity index is 1390. The number of nitrogens with zero attached hydrogens (tertiary/aromatic N) is 1. The second-order valence-electron chi connectivity index (χ2n) is 7.72. The van der Waals surface area contributed by atoms with Crippen molar-refractivity contribution >= 4 is 17.5 Å². The van der Waals surface area contributed by atoms with Crippen LogP contribution in [0.3, 0.4) is 0 Å². The number of hydrogen-bond donors (Lipinski definition) is 2. The first kappa shape index (κ1) is 22.7. The quantitative estimate of drug-likeness (QED) is 0.450. The molecule has 34 heavy (non-hydrogen) atoms. The Morgan fingerprint density at radius 2 is 1.50 bits per heavy atom. The van der Waals surface area contributed by atoms with E-state index < -0.39 is 11.5 Å². The summed E-state index contributed by atoms with van der Waals surface area (Å²) >= 11 is 0. The van der Waals surface area contributed by atoms with E-state index >= 15 is 0 Å². The van der Waals surface area contributed by atoms with Gasteiger partial charge in [0.05, 0.1) is 0 Å². The summed E-state index contributed by atoms with van der Waals surface area (Å²) in [5.41, 5.74) is 2.82. The van der Waals surface area contributed by atoms with E-state index in [0.717, 1.165) is 5.56 Å². The van der Waals surface area contributed by atoms with Gasteiger partial charge in [0.2, 0.25) is 0 Å². The van der Waals surface area contributed by atoms with Crippen molar-refractivity contribution < 1.29 is 14.0 Å². The monoisotopic (exact) mass is 455 g/mol. The zero-order valence-electron chi connectivity index (χ0n) is 18.4. The highest BCUT2D eigenvalue weighted by atomic mass is 19.1. The van der Waals surface area contributed by atoms with Crippen LogP contribution in [0.4, 0.5) is 10.1 Å². The molecule has 2 amide bonds. The van der Waals surface area contributed by atoms with Crippen molar-refractivity contribution in [3.8, 4) is 5.69 Å². The van der Waals surface area contributed by atoms with E-state index in [1.165, 1.54) is 22.8 Å². The summed E-state index contributed by atoms with van der Waals surface area (Å²) in [6, 6.07) is 22.9. The van der Waals surface area contributed by atoms with E-state index in [4.69, 9.17) is 0 Å². The van der Waals surface area contributed by atoms with Crippen molar-refractivity contribution in [1.29, 1.82) is 0 Å². The Morgan fingerprint density at radius 1 is 0.824 bits per heavy atom. The number of anilines is 1. The lowest BCUT2D eigenvalue weighted by Crippen LogP contribution is -2.32. The number of carbonyl (C=O) groups is 2. The first-order chi connectivity index (χ1) is 16.4. The highest BCUT2D eigenvalue weighted by Gasteiger charge is 2.13. The minimum absolute atomic E-state index is 0.0125. The number of carbonyl (C=O) groups excluding carboxylic acids is 2. The van der Waals surface area contributed by atoms with Crippen molar-refractivity contribution in [2.45, 2.75) is 13.5 Å². The number of rotatable bonds is 6. The molecule has 3 aromatic carbocycles. The standard InChI is InChI=1S/C27H22FN3O3/c1-18-5-2-3-6-23(18)26(33)30-21-12-14-22(15-13-21)31-16-4-7-24(27(31)34)25(32)29-17-19-8-10-20(28)11-9-19/h2-16H,17H2,1H3,(H,29,32)(H,30,33). The van der Waals surface area contributed by atoms with Crippen LogP contribution in [0.5, 0.6) is 0 Å². The molecule has 0 bridgehead atoms. The van der Waals surface area contributed by atoms with E-state index in [2.05, 4.69) is 10.6 Å². The van der Waals surface area contributed by atoms with Crippen LogP contribution in [0.2, 0.25) is 0 Å². The van der Waals surface area contributed by atoms with Crippen LogP contribution in [0.25, 0.3) is 5.69 Å². The van der Waals surface area contributed by atoms with E-state index in [9.17, 15) is 18.8 Å². The predicted molar refractivity (Wildman–Crippen MR) is 129 cm³/mol. The fraction of sp³-hybridized carbons (Fsp3) is 0.0741. The number of aryl methyl sites for hydroxylation is 1. The SMILES string of the molecule is Cc1ccccc1C(=O)Nc1ccc(-n2cccc(C(=O)NCc3ccc(F)cc3)c2=O)cc1. The summed E-state index contributed by atoms with van der Waals surface area (Å²) in [4.78, 5) is 38.0. The fourth-order valence-electron chi connectivity index (χ4n) is 3.48. The molecule has 1 aromatic heterocycles. The normalized spacial score (nSPS) is 10.5. The van der Waals surface area contributed by atoms with Crippen LogP contribution in [0.15, 0.2) is 95.9 Å². The Hall–Kier alpha value is -4.52. The van der Waals surface area contributed by atoms with Gasteiger partial charge in [-0.1, -0.05) is 30.3 Å². The third kappa shape index (κ3) is 5.10. The maximum absolute atomic E-state index is 13.0. The summed E-state index contributed by atoms with van der Waals surface area (Å²) < 4.78 is 14.4. The lowest BCUT2D eigenvalue weighted by Gasteiger charge is -2.11. The molecule has 0 aliphatic carbocycles. The van der Waals surface area contributed by atoms with Gasteiger partial charge in [0, 0.05) is 29.7 Å². The van der Waals surface area contributed by atoms with Gasteiger partial charge >= 0.3 is 0 Å². The van der Waals surface area contributed by atoms with Crippen molar-refractivity contribution in [1.82, 2.24) is 9.88 Å². The van der Waals surface area contributed by atoms with Crippen LogP contribution >= 0.6 is 0 Å². The molecule has 7 heteroatoms. The van der Waals surface area contributed by atoms with E-state index in [0.29, 0.717) is 22.5 Å². The van der Waals surface area contributed by atoms with Crippen LogP contribution in [-0.2, 0) is 6.54 Å². The number of halogens is 1. The predicted octanol–water partition coefficient (Wildman–Crippen LogP) is 4.47. The average molecular weight is 455 g/mol. The second-order valence-corrected chi connectivity index (χ2v) is 7.72. The highest BCUT2D eigenvalue weighted by Crippen LogP contribution is 2.15. The van der Waals surface area contributed by atoms with Crippen LogP contribution in [0, 0.1) is 12.7 Å². The molecular weight excluding hydrogens is 433 g/mol. The average Bonchev–Trinajstić information content (AvgIpc) is 2.84. The number of amides is 2. The summed E-state index contributed by atoms with van der Waals surface area (Å²) in [7, 11) is 0. The van der Waals surface area contributed by atoms with Gasteiger partial charge in [0.25, 0.3) is 17.4 Å². The third-order valence-corrected chi connectivity index (χ3v) is 5.35. The van der Waals surface area contributed by atoms with Crippen molar-refractivity contribution in [3.63, 3.8) is 0 Å². The summed E-state index contributed by atoms with van der Waals surface area (Å²) in [6.45, 7) is 2.04. The first-order valence-electron chi connectivity index (χ1n) is 10.6. The third-order valence-electron chi connectivity index (χ3n) is 5.35. The fourth-order valence-corrected chi connectivity index (χ4v) is 3.48. The molecule has 0 fully saturated rings. The van der Waals surface area contributed by atoms with Gasteiger partial charge in [-0.25, -0.2) is 4.39 Å². The van der Waals surface area contributed by atoms with Crippen LogP contribution in [-0.4, -0.2) is 16.4 Å². The molecule has 4 rings (SSSR count). The molecule has 2 N–H and O–H groups in total. The molecule has 6 nitrogen and oxygen atoms in total. The second kappa shape index (κ2) is 9.95. The lowest BCUT2D eigenvalue weighted by molar-refractivity contribution is 0.0948. The largest absolute Gasteiger partial charge is 0.348 e. The van der Waals surface area contributed by atoms with Crippen molar-refractivity contribution in [2.24, 2.45) is 0 Å². The Morgan fingerprint density at radius 3 is 2.21 bits per heavy atom. The Kier molecular flexibility index (Phi) is 6.64. The van der Waals surface area contributed by atoms with Crippen molar-refractivity contribution in [3.05, 3.63) is 130 Å². The minimum atomic E-state index is -0.522. The number of hydrogen-bond acceptors (Lipinski definition) is 3. The zero-order chi connectivity index (χ0) is 24.1. The summed E-state index contributed by atoms with van der Waals surface area (Å²) in [6.07, 6.45) is 1.57. The molecule has 0 unspecified atom stereocenters. The van der Waals surface area contributed by atoms with E-state index in [1.54, 1.807) is 60.8 Å². The Balaban J connectivity index is 1.48. The number of aromatic nitrogens is 1. The number of pyridine rings is 1. The molecule has 1 heterocycles. The molecule has 0 aliphatic rings. The maximum Gasteiger partial charge on any atom is 0.267 e. The summed E-state index contributed by atoms with van der Waals surface area (Å²) in [5, 5.41) is 5.53. The molecule has 0 saturated heterocycles. The first-order valence-corrected chi connectivity index (χ1v) is 10.6. The van der Waals surface area contributed by atoms with Crippen molar-refractivity contribution in [2.75, 3.05) is 5.32 Å².